The van der Waals surface area contributed by atoms with Gasteiger partial charge in [-0.15, -0.1) is 10.2 Å². The second-order valence-electron chi connectivity index (χ2n) is 7.18. The van der Waals surface area contributed by atoms with Crippen LogP contribution in [0, 0.1) is 5.82 Å². The first-order valence-electron chi connectivity index (χ1n) is 9.85. The van der Waals surface area contributed by atoms with Gasteiger partial charge in [0.15, 0.2) is 11.0 Å². The van der Waals surface area contributed by atoms with Crippen LogP contribution >= 0.6 is 11.8 Å². The van der Waals surface area contributed by atoms with Crippen molar-refractivity contribution < 1.29 is 14.0 Å². The Kier molecular flexibility index (Phi) is 6.26. The molecular formula is C21H21FN6O2S. The summed E-state index contributed by atoms with van der Waals surface area (Å²) in [5.74, 6) is -0.322. The van der Waals surface area contributed by atoms with Gasteiger partial charge in [0.25, 0.3) is 0 Å². The van der Waals surface area contributed by atoms with Crippen molar-refractivity contribution in [2.45, 2.75) is 30.5 Å². The Labute approximate surface area is 182 Å². The minimum Gasteiger partial charge on any atom is -0.370 e. The highest BCUT2D eigenvalue weighted by Crippen LogP contribution is 2.41. The van der Waals surface area contributed by atoms with Gasteiger partial charge < -0.3 is 10.6 Å². The first kappa shape index (κ1) is 21.0. The number of primary amides is 1. The Hall–Kier alpha value is -3.27. The summed E-state index contributed by atoms with van der Waals surface area (Å²) < 4.78 is 15.4. The molecule has 2 N–H and O–H groups in total. The van der Waals surface area contributed by atoms with E-state index in [-0.39, 0.29) is 24.6 Å². The van der Waals surface area contributed by atoms with E-state index in [0.29, 0.717) is 16.9 Å². The third-order valence-corrected chi connectivity index (χ3v) is 5.77. The summed E-state index contributed by atoms with van der Waals surface area (Å²) in [4.78, 5) is 29.8. The van der Waals surface area contributed by atoms with Gasteiger partial charge >= 0.3 is 0 Å². The molecule has 2 aromatic heterocycles. The Morgan fingerprint density at radius 3 is 2.61 bits per heavy atom. The molecule has 1 fully saturated rings. The normalized spacial score (nSPS) is 13.2. The van der Waals surface area contributed by atoms with Crippen LogP contribution in [0.2, 0.25) is 0 Å². The third-order valence-electron chi connectivity index (χ3n) is 4.84. The number of anilines is 1. The van der Waals surface area contributed by atoms with Crippen molar-refractivity contribution in [3.05, 3.63) is 54.6 Å². The van der Waals surface area contributed by atoms with Crippen LogP contribution < -0.4 is 10.6 Å². The van der Waals surface area contributed by atoms with Crippen molar-refractivity contribution in [1.82, 2.24) is 19.7 Å². The molecule has 1 aromatic carbocycles. The van der Waals surface area contributed by atoms with Crippen molar-refractivity contribution in [2.75, 3.05) is 17.2 Å². The molecule has 31 heavy (non-hydrogen) atoms. The van der Waals surface area contributed by atoms with Gasteiger partial charge in [0.05, 0.1) is 5.75 Å². The summed E-state index contributed by atoms with van der Waals surface area (Å²) >= 11 is 1.29. The molecular weight excluding hydrogens is 419 g/mol. The van der Waals surface area contributed by atoms with Crippen LogP contribution in [-0.2, 0) is 9.59 Å². The second kappa shape index (κ2) is 9.25. The van der Waals surface area contributed by atoms with Crippen molar-refractivity contribution in [2.24, 2.45) is 5.73 Å². The maximum atomic E-state index is 13.3. The molecule has 10 heteroatoms. The highest BCUT2D eigenvalue weighted by Gasteiger charge is 2.30. The molecule has 0 spiro atoms. The van der Waals surface area contributed by atoms with Gasteiger partial charge in [-0.3, -0.25) is 19.1 Å². The molecule has 0 bridgehead atoms. The van der Waals surface area contributed by atoms with Crippen LogP contribution in [0.1, 0.15) is 25.3 Å². The molecule has 0 atom stereocenters. The molecule has 0 unspecified atom stereocenters. The largest absolute Gasteiger partial charge is 0.370 e. The van der Waals surface area contributed by atoms with Crippen LogP contribution in [0.3, 0.4) is 0 Å². The summed E-state index contributed by atoms with van der Waals surface area (Å²) in [6.07, 6.45) is 5.52. The summed E-state index contributed by atoms with van der Waals surface area (Å²) in [5.41, 5.74) is 6.63. The Bertz CT molecular complexity index is 1070. The van der Waals surface area contributed by atoms with E-state index in [1.807, 2.05) is 12.1 Å². The standard InChI is InChI=1S/C21H21FN6O2S/c22-15-3-5-16(6-4-15)27(11-9-18(23)29)19(30)13-31-21-26-25-20(28(21)17-7-8-17)14-2-1-10-24-12-14/h1-6,10,12,17H,7-9,11,13H2,(H2,23,29). The predicted octanol–water partition coefficient (Wildman–Crippen LogP) is 2.81. The van der Waals surface area contributed by atoms with E-state index in [4.69, 9.17) is 5.73 Å². The van der Waals surface area contributed by atoms with Crippen molar-refractivity contribution in [1.29, 1.82) is 0 Å². The lowest BCUT2D eigenvalue weighted by atomic mass is 10.2. The fourth-order valence-corrected chi connectivity index (χ4v) is 4.06. The maximum absolute atomic E-state index is 13.3. The number of thioether (sulfide) groups is 1. The third kappa shape index (κ3) is 5.08. The average molecular weight is 441 g/mol. The molecule has 1 aliphatic carbocycles. The number of hydrogen-bond donors (Lipinski definition) is 1. The molecule has 0 saturated heterocycles. The Morgan fingerprint density at radius 1 is 1.19 bits per heavy atom. The van der Waals surface area contributed by atoms with Gasteiger partial charge in [0.2, 0.25) is 11.8 Å². The zero-order chi connectivity index (χ0) is 21.8. The fraction of sp³-hybridized carbons (Fsp3) is 0.286. The van der Waals surface area contributed by atoms with Crippen LogP contribution in [0.15, 0.2) is 53.9 Å². The zero-order valence-corrected chi connectivity index (χ0v) is 17.5. The lowest BCUT2D eigenvalue weighted by Gasteiger charge is -2.22. The molecule has 2 heterocycles. The fourth-order valence-electron chi connectivity index (χ4n) is 3.17. The summed E-state index contributed by atoms with van der Waals surface area (Å²) in [6, 6.07) is 9.64. The predicted molar refractivity (Wildman–Crippen MR) is 115 cm³/mol. The first-order chi connectivity index (χ1) is 15.0. The molecule has 1 aliphatic rings. The number of hydrogen-bond acceptors (Lipinski definition) is 6. The quantitative estimate of drug-likeness (QED) is 0.513. The summed E-state index contributed by atoms with van der Waals surface area (Å²) in [5, 5.41) is 9.28. The van der Waals surface area contributed by atoms with Crippen LogP contribution in [0.4, 0.5) is 10.1 Å². The smallest absolute Gasteiger partial charge is 0.237 e. The van der Waals surface area contributed by atoms with E-state index >= 15 is 0 Å². The molecule has 160 valence electrons. The lowest BCUT2D eigenvalue weighted by Crippen LogP contribution is -2.35. The van der Waals surface area contributed by atoms with E-state index in [9.17, 15) is 14.0 Å². The topological polar surface area (TPSA) is 107 Å². The number of benzene rings is 1. The van der Waals surface area contributed by atoms with Crippen LogP contribution in [-0.4, -0.2) is 43.9 Å². The van der Waals surface area contributed by atoms with Gasteiger partial charge in [-0.05, 0) is 49.2 Å². The summed E-state index contributed by atoms with van der Waals surface area (Å²) in [7, 11) is 0. The van der Waals surface area contributed by atoms with Crippen molar-refractivity contribution in [3.8, 4) is 11.4 Å². The minimum atomic E-state index is -0.512. The number of carbonyl (C=O) groups excluding carboxylic acids is 2. The molecule has 1 saturated carbocycles. The molecule has 4 rings (SSSR count). The molecule has 3 aromatic rings. The molecule has 8 nitrogen and oxygen atoms in total. The number of nitrogens with zero attached hydrogens (tertiary/aromatic N) is 5. The average Bonchev–Trinajstić information content (AvgIpc) is 3.52. The second-order valence-corrected chi connectivity index (χ2v) is 8.12. The highest BCUT2D eigenvalue weighted by atomic mass is 32.2. The van der Waals surface area contributed by atoms with Crippen LogP contribution in [0.25, 0.3) is 11.4 Å². The van der Waals surface area contributed by atoms with Gasteiger partial charge in [-0.1, -0.05) is 11.8 Å². The van der Waals surface area contributed by atoms with E-state index in [1.165, 1.54) is 40.9 Å². The number of carbonyl (C=O) groups is 2. The van der Waals surface area contributed by atoms with Crippen LogP contribution in [0.5, 0.6) is 0 Å². The van der Waals surface area contributed by atoms with Gasteiger partial charge in [0.1, 0.15) is 5.82 Å². The molecule has 0 aliphatic heterocycles. The monoisotopic (exact) mass is 440 g/mol. The number of rotatable bonds is 9. The Morgan fingerprint density at radius 2 is 1.97 bits per heavy atom. The maximum Gasteiger partial charge on any atom is 0.237 e. The SMILES string of the molecule is NC(=O)CCN(C(=O)CSc1nnc(-c2cccnc2)n1C1CC1)c1ccc(F)cc1. The molecule has 0 radical (unpaired) electrons. The first-order valence-corrected chi connectivity index (χ1v) is 10.8. The number of aromatic nitrogens is 4. The van der Waals surface area contributed by atoms with E-state index < -0.39 is 11.7 Å². The van der Waals surface area contributed by atoms with E-state index in [0.717, 1.165) is 24.2 Å². The minimum absolute atomic E-state index is 0.0111. The number of halogens is 1. The van der Waals surface area contributed by atoms with Gasteiger partial charge in [-0.25, -0.2) is 4.39 Å². The van der Waals surface area contributed by atoms with Crippen molar-refractivity contribution >= 4 is 29.3 Å². The molecule has 2 amide bonds. The Balaban J connectivity index is 1.52. The van der Waals surface area contributed by atoms with Crippen molar-refractivity contribution in [3.63, 3.8) is 0 Å². The number of nitrogens with two attached hydrogens (primary N) is 1. The number of amides is 2. The van der Waals surface area contributed by atoms with E-state index in [1.54, 1.807) is 12.4 Å². The van der Waals surface area contributed by atoms with Gasteiger partial charge in [0, 0.05) is 42.7 Å². The highest BCUT2D eigenvalue weighted by molar-refractivity contribution is 7.99. The van der Waals surface area contributed by atoms with E-state index in [2.05, 4.69) is 19.7 Å². The summed E-state index contributed by atoms with van der Waals surface area (Å²) in [6.45, 7) is 0.122. The number of pyridine rings is 1. The van der Waals surface area contributed by atoms with Gasteiger partial charge in [-0.2, -0.15) is 0 Å². The lowest BCUT2D eigenvalue weighted by molar-refractivity contribution is -0.118. The zero-order valence-electron chi connectivity index (χ0n) is 16.6.